The molecule has 3 rings (SSSR count). The molecule has 0 fully saturated rings. The minimum Gasteiger partial charge on any atom is -0.488 e. The van der Waals surface area contributed by atoms with Gasteiger partial charge in [0.05, 0.1) is 0 Å². The van der Waals surface area contributed by atoms with Gasteiger partial charge in [0.15, 0.2) is 0 Å². The SMILES string of the molecule is C/N=C/c1ccccc1Pc1cc(C)cc(C(C)(C)C)c1OCc1ccccc1. The maximum Gasteiger partial charge on any atom is 0.131 e. The van der Waals surface area contributed by atoms with Gasteiger partial charge >= 0.3 is 0 Å². The molecule has 1 unspecified atom stereocenters. The molecule has 3 heteroatoms. The number of aliphatic imine (C=N–C) groups is 1. The van der Waals surface area contributed by atoms with Gasteiger partial charge in [0, 0.05) is 24.1 Å². The third-order valence-corrected chi connectivity index (χ3v) is 6.13. The highest BCUT2D eigenvalue weighted by Gasteiger charge is 2.23. The summed E-state index contributed by atoms with van der Waals surface area (Å²) in [5.41, 5.74) is 4.88. The van der Waals surface area contributed by atoms with E-state index in [9.17, 15) is 0 Å². The highest BCUT2D eigenvalue weighted by atomic mass is 31.1. The van der Waals surface area contributed by atoms with Crippen LogP contribution in [-0.2, 0) is 12.0 Å². The standard InChI is InChI=1S/C26H30NOP/c1-19-15-22(26(2,3)4)25(28-18-20-11-7-6-8-12-20)24(16-19)29-23-14-10-9-13-21(23)17-27-5/h6-17,29H,18H2,1-5H3/b27-17+. The summed E-state index contributed by atoms with van der Waals surface area (Å²) in [7, 11) is 2.33. The lowest BCUT2D eigenvalue weighted by molar-refractivity contribution is 0.300. The summed E-state index contributed by atoms with van der Waals surface area (Å²) in [6.45, 7) is 9.50. The first-order valence-corrected chi connectivity index (χ1v) is 11.0. The van der Waals surface area contributed by atoms with E-state index in [0.29, 0.717) is 15.2 Å². The van der Waals surface area contributed by atoms with Gasteiger partial charge in [-0.1, -0.05) is 90.0 Å². The number of rotatable bonds is 6. The van der Waals surface area contributed by atoms with E-state index < -0.39 is 0 Å². The quantitative estimate of drug-likeness (QED) is 0.391. The van der Waals surface area contributed by atoms with Gasteiger partial charge in [0.25, 0.3) is 0 Å². The van der Waals surface area contributed by atoms with Gasteiger partial charge in [-0.3, -0.25) is 4.99 Å². The highest BCUT2D eigenvalue weighted by molar-refractivity contribution is 7.56. The molecule has 0 aliphatic carbocycles. The van der Waals surface area contributed by atoms with E-state index in [-0.39, 0.29) is 5.41 Å². The fourth-order valence-corrected chi connectivity index (χ4v) is 4.70. The predicted octanol–water partition coefficient (Wildman–Crippen LogP) is 5.55. The summed E-state index contributed by atoms with van der Waals surface area (Å²) in [6.07, 6.45) is 1.94. The first kappa shape index (κ1) is 21.3. The van der Waals surface area contributed by atoms with E-state index >= 15 is 0 Å². The first-order chi connectivity index (χ1) is 13.9. The van der Waals surface area contributed by atoms with Crippen LogP contribution >= 0.6 is 8.58 Å². The summed E-state index contributed by atoms with van der Waals surface area (Å²) in [5.74, 6) is 1.02. The summed E-state index contributed by atoms with van der Waals surface area (Å²) < 4.78 is 6.48. The van der Waals surface area contributed by atoms with E-state index in [4.69, 9.17) is 4.74 Å². The average molecular weight is 404 g/mol. The fourth-order valence-electron chi connectivity index (χ4n) is 3.32. The summed E-state index contributed by atoms with van der Waals surface area (Å²) in [6, 6.07) is 23.4. The van der Waals surface area contributed by atoms with Gasteiger partial charge in [-0.25, -0.2) is 0 Å². The topological polar surface area (TPSA) is 21.6 Å². The minimum absolute atomic E-state index is 0.00165. The molecule has 0 N–H and O–H groups in total. The smallest absolute Gasteiger partial charge is 0.131 e. The molecule has 0 radical (unpaired) electrons. The molecule has 0 aromatic heterocycles. The molecular formula is C26H30NOP. The molecule has 2 nitrogen and oxygen atoms in total. The number of ether oxygens (including phenoxy) is 1. The second kappa shape index (κ2) is 9.37. The van der Waals surface area contributed by atoms with Gasteiger partial charge < -0.3 is 4.74 Å². The Morgan fingerprint density at radius 2 is 1.62 bits per heavy atom. The van der Waals surface area contributed by atoms with Gasteiger partial charge in [0.2, 0.25) is 0 Å². The summed E-state index contributed by atoms with van der Waals surface area (Å²) >= 11 is 0. The van der Waals surface area contributed by atoms with Crippen LogP contribution in [0.25, 0.3) is 0 Å². The van der Waals surface area contributed by atoms with Crippen molar-refractivity contribution in [1.82, 2.24) is 0 Å². The van der Waals surface area contributed by atoms with Crippen LogP contribution in [-0.4, -0.2) is 13.3 Å². The molecule has 0 amide bonds. The van der Waals surface area contributed by atoms with Crippen LogP contribution in [0.2, 0.25) is 0 Å². The molecule has 0 saturated carbocycles. The van der Waals surface area contributed by atoms with Crippen molar-refractivity contribution in [3.05, 3.63) is 89.0 Å². The average Bonchev–Trinajstić information content (AvgIpc) is 2.68. The molecule has 1 atom stereocenters. The maximum absolute atomic E-state index is 6.48. The van der Waals surface area contributed by atoms with Crippen LogP contribution in [0.15, 0.2) is 71.7 Å². The maximum atomic E-state index is 6.48. The molecule has 0 bridgehead atoms. The number of nitrogens with zero attached hydrogens (tertiary/aromatic N) is 1. The van der Waals surface area contributed by atoms with Crippen LogP contribution in [0.4, 0.5) is 0 Å². The highest BCUT2D eigenvalue weighted by Crippen LogP contribution is 2.35. The van der Waals surface area contributed by atoms with Crippen LogP contribution in [0, 0.1) is 6.92 Å². The van der Waals surface area contributed by atoms with Crippen molar-refractivity contribution in [2.75, 3.05) is 7.05 Å². The number of hydrogen-bond donors (Lipinski definition) is 0. The van der Waals surface area contributed by atoms with Crippen LogP contribution in [0.3, 0.4) is 0 Å². The number of hydrogen-bond acceptors (Lipinski definition) is 2. The Hall–Kier alpha value is -2.44. The third kappa shape index (κ3) is 5.55. The molecule has 3 aromatic carbocycles. The van der Waals surface area contributed by atoms with Crippen LogP contribution in [0.1, 0.15) is 43.0 Å². The fraction of sp³-hybridized carbons (Fsp3) is 0.269. The zero-order valence-electron chi connectivity index (χ0n) is 18.0. The molecule has 29 heavy (non-hydrogen) atoms. The Morgan fingerprint density at radius 3 is 2.31 bits per heavy atom. The van der Waals surface area contributed by atoms with E-state index in [1.54, 1.807) is 0 Å². The molecule has 0 aliphatic heterocycles. The van der Waals surface area contributed by atoms with Crippen molar-refractivity contribution in [3.8, 4) is 5.75 Å². The molecule has 0 saturated heterocycles. The minimum atomic E-state index is 0.00165. The third-order valence-electron chi connectivity index (χ3n) is 4.77. The molecule has 0 spiro atoms. The van der Waals surface area contributed by atoms with Crippen molar-refractivity contribution < 1.29 is 4.74 Å². The number of aryl methyl sites for hydroxylation is 1. The van der Waals surface area contributed by atoms with Gasteiger partial charge in [-0.15, -0.1) is 0 Å². The van der Waals surface area contributed by atoms with E-state index in [2.05, 4.69) is 93.4 Å². The number of benzene rings is 3. The van der Waals surface area contributed by atoms with Crippen molar-refractivity contribution in [3.63, 3.8) is 0 Å². The van der Waals surface area contributed by atoms with E-state index in [1.807, 2.05) is 19.3 Å². The Balaban J connectivity index is 2.04. The normalized spacial score (nSPS) is 12.2. The zero-order valence-corrected chi connectivity index (χ0v) is 19.0. The van der Waals surface area contributed by atoms with E-state index in [1.165, 1.54) is 32.9 Å². The molecule has 150 valence electrons. The summed E-state index contributed by atoms with van der Waals surface area (Å²) in [5, 5.41) is 2.54. The molecule has 0 heterocycles. The van der Waals surface area contributed by atoms with Gasteiger partial charge in [-0.05, 0) is 40.4 Å². The van der Waals surface area contributed by atoms with E-state index in [0.717, 1.165) is 5.75 Å². The second-order valence-corrected chi connectivity index (χ2v) is 9.64. The van der Waals surface area contributed by atoms with Crippen molar-refractivity contribution in [2.24, 2.45) is 4.99 Å². The second-order valence-electron chi connectivity index (χ2n) is 8.31. The Bertz CT molecular complexity index is 987. The molecule has 3 aromatic rings. The molecular weight excluding hydrogens is 373 g/mol. The lowest BCUT2D eigenvalue weighted by atomic mass is 9.85. The van der Waals surface area contributed by atoms with Gasteiger partial charge in [-0.2, -0.15) is 0 Å². The Kier molecular flexibility index (Phi) is 6.87. The first-order valence-electron chi connectivity index (χ1n) is 9.98. The van der Waals surface area contributed by atoms with Gasteiger partial charge in [0.1, 0.15) is 12.4 Å². The van der Waals surface area contributed by atoms with Crippen LogP contribution in [0.5, 0.6) is 5.75 Å². The molecule has 0 aliphatic rings. The monoisotopic (exact) mass is 403 g/mol. The summed E-state index contributed by atoms with van der Waals surface area (Å²) in [4.78, 5) is 4.23. The predicted molar refractivity (Wildman–Crippen MR) is 128 cm³/mol. The van der Waals surface area contributed by atoms with Crippen LogP contribution < -0.4 is 15.3 Å². The zero-order chi connectivity index (χ0) is 20.9. The Morgan fingerprint density at radius 1 is 0.931 bits per heavy atom. The lowest BCUT2D eigenvalue weighted by Gasteiger charge is -2.26. The largest absolute Gasteiger partial charge is 0.488 e. The lowest BCUT2D eigenvalue weighted by Crippen LogP contribution is -2.20. The Labute approximate surface area is 176 Å². The van der Waals surface area contributed by atoms with Crippen molar-refractivity contribution in [1.29, 1.82) is 0 Å². The van der Waals surface area contributed by atoms with Crippen molar-refractivity contribution >= 4 is 25.4 Å². The van der Waals surface area contributed by atoms with Crippen molar-refractivity contribution in [2.45, 2.75) is 39.7 Å².